The number of allylic oxidation sites excluding steroid dienone is 5. The molecule has 0 spiro atoms. The van der Waals surface area contributed by atoms with Gasteiger partial charge in [0.2, 0.25) is 6.29 Å². The molecule has 10 heteroatoms. The average molecular weight is 537 g/mol. The van der Waals surface area contributed by atoms with Crippen LogP contribution >= 0.6 is 35.8 Å². The van der Waals surface area contributed by atoms with Crippen LogP contribution in [0.2, 0.25) is 5.02 Å². The smallest absolute Gasteiger partial charge is 0.229 e. The fourth-order valence-corrected chi connectivity index (χ4v) is 4.54. The van der Waals surface area contributed by atoms with Gasteiger partial charge in [0.15, 0.2) is 5.78 Å². The van der Waals surface area contributed by atoms with Crippen LogP contribution in [0.1, 0.15) is 11.1 Å². The first-order chi connectivity index (χ1) is 16.7. The zero-order valence-corrected chi connectivity index (χ0v) is 20.5. The van der Waals surface area contributed by atoms with E-state index < -0.39 is 37.3 Å². The first kappa shape index (κ1) is 25.9. The van der Waals surface area contributed by atoms with Gasteiger partial charge < -0.3 is 29.9 Å². The van der Waals surface area contributed by atoms with Crippen molar-refractivity contribution in [3.05, 3.63) is 87.4 Å². The molecule has 0 radical (unpaired) electrons. The van der Waals surface area contributed by atoms with E-state index in [2.05, 4.69) is 12.6 Å². The second-order valence-corrected chi connectivity index (χ2v) is 9.29. The minimum Gasteiger partial charge on any atom is -0.460 e. The second kappa shape index (κ2) is 10.9. The number of carbonyl (C=O) groups is 1. The molecule has 0 saturated carbocycles. The molecule has 0 amide bonds. The lowest BCUT2D eigenvalue weighted by atomic mass is 9.90. The fourth-order valence-electron chi connectivity index (χ4n) is 3.86. The maximum atomic E-state index is 11.9. The molecule has 1 saturated heterocycles. The zero-order chi connectivity index (χ0) is 25.3. The highest BCUT2D eigenvalue weighted by molar-refractivity contribution is 7.80. The van der Waals surface area contributed by atoms with Gasteiger partial charge in [-0.2, -0.15) is 0 Å². The van der Waals surface area contributed by atoms with Crippen LogP contribution in [-0.4, -0.2) is 63.5 Å². The quantitative estimate of drug-likeness (QED) is 0.373. The van der Waals surface area contributed by atoms with Crippen molar-refractivity contribution in [2.75, 3.05) is 6.61 Å². The van der Waals surface area contributed by atoms with Gasteiger partial charge >= 0.3 is 0 Å². The fraction of sp³-hybridized carbons (Fsp3) is 0.240. The van der Waals surface area contributed by atoms with Crippen LogP contribution < -0.4 is 4.74 Å². The third-order valence-electron chi connectivity index (χ3n) is 5.71. The van der Waals surface area contributed by atoms with E-state index in [0.29, 0.717) is 16.0 Å². The molecular weight excluding hydrogens is 515 g/mol. The Kier molecular flexibility index (Phi) is 8.05. The minimum absolute atomic E-state index is 0.0744. The number of ether oxygens (including phenoxy) is 2. The number of aliphatic hydroxyl groups is 4. The molecule has 2 aromatic carbocycles. The lowest BCUT2D eigenvalue weighted by Gasteiger charge is -2.39. The number of carbonyl (C=O) groups excluding carboxylic acids is 1. The molecule has 2 aromatic rings. The van der Waals surface area contributed by atoms with Crippen molar-refractivity contribution in [3.63, 3.8) is 0 Å². The van der Waals surface area contributed by atoms with Gasteiger partial charge in [0.25, 0.3) is 0 Å². The molecule has 4 N–H and O–H groups in total. The number of rotatable bonds is 5. The predicted molar refractivity (Wildman–Crippen MR) is 134 cm³/mol. The Morgan fingerprint density at radius 3 is 2.43 bits per heavy atom. The van der Waals surface area contributed by atoms with Crippen LogP contribution in [0.4, 0.5) is 0 Å². The summed E-state index contributed by atoms with van der Waals surface area (Å²) in [5, 5.41) is 39.8. The highest BCUT2D eigenvalue weighted by Crippen LogP contribution is 2.38. The topological polar surface area (TPSA) is 116 Å². The summed E-state index contributed by atoms with van der Waals surface area (Å²) >= 11 is 17.2. The summed E-state index contributed by atoms with van der Waals surface area (Å²) in [7, 11) is 0. The molecule has 1 aliphatic heterocycles. The first-order valence-corrected chi connectivity index (χ1v) is 11.8. The van der Waals surface area contributed by atoms with Gasteiger partial charge in [0, 0.05) is 4.90 Å². The lowest BCUT2D eigenvalue weighted by Crippen LogP contribution is -2.60. The molecule has 7 nitrogen and oxygen atoms in total. The number of ketones is 1. The summed E-state index contributed by atoms with van der Waals surface area (Å²) in [5.74, 6) is -0.151. The Morgan fingerprint density at radius 1 is 1.03 bits per heavy atom. The summed E-state index contributed by atoms with van der Waals surface area (Å²) in [6, 6.07) is 12.3. The van der Waals surface area contributed by atoms with E-state index in [-0.39, 0.29) is 21.6 Å². The minimum atomic E-state index is -1.58. The van der Waals surface area contributed by atoms with E-state index in [9.17, 15) is 25.2 Å². The van der Waals surface area contributed by atoms with E-state index in [1.54, 1.807) is 30.4 Å². The SMILES string of the molecule is O=C1C=C/C(=C(\c2ccc(O[C@@H]3O[C@@H](CO)[C@H](O)[C@H](O)[C@@H]3O)c(Cl)c2)c2ccccc2S)C=C1Cl. The number of halogens is 2. The number of thiol groups is 1. The number of hydrogen-bond donors (Lipinski definition) is 5. The summed E-state index contributed by atoms with van der Waals surface area (Å²) in [6.45, 7) is -0.580. The Bertz CT molecular complexity index is 1220. The van der Waals surface area contributed by atoms with Gasteiger partial charge in [-0.15, -0.1) is 12.6 Å². The summed E-state index contributed by atoms with van der Waals surface area (Å²) in [5.41, 5.74) is 2.85. The van der Waals surface area contributed by atoms with Crippen LogP contribution in [0.15, 0.2) is 76.2 Å². The van der Waals surface area contributed by atoms with Crippen LogP contribution in [0.25, 0.3) is 5.57 Å². The van der Waals surface area contributed by atoms with Gasteiger partial charge in [-0.3, -0.25) is 4.79 Å². The Labute approximate surface area is 216 Å². The van der Waals surface area contributed by atoms with Gasteiger partial charge in [-0.05, 0) is 52.6 Å². The summed E-state index contributed by atoms with van der Waals surface area (Å²) in [4.78, 5) is 12.6. The molecule has 1 heterocycles. The Morgan fingerprint density at radius 2 is 1.77 bits per heavy atom. The maximum absolute atomic E-state index is 11.9. The van der Waals surface area contributed by atoms with Crippen LogP contribution in [0, 0.1) is 0 Å². The maximum Gasteiger partial charge on any atom is 0.229 e. The molecule has 5 atom stereocenters. The third-order valence-corrected chi connectivity index (χ3v) is 6.69. The standard InChI is InChI=1S/C25H22Cl2O7S/c26-15-9-12(5-7-17(15)29)21(14-3-1-2-4-20(14)35)13-6-8-18(16(27)10-13)33-25-24(32)23(31)22(30)19(11-28)34-25/h1-10,19,22-25,28,30-32,35H,11H2/b21-12-/t19-,22-,23-,24-,25+/m0/s1. The molecule has 2 aliphatic rings. The third kappa shape index (κ3) is 5.35. The van der Waals surface area contributed by atoms with Crippen LogP contribution in [0.5, 0.6) is 5.75 Å². The van der Waals surface area contributed by atoms with E-state index in [1.165, 1.54) is 6.08 Å². The normalized spacial score (nSPS) is 28.0. The van der Waals surface area contributed by atoms with Crippen molar-refractivity contribution >= 4 is 47.2 Å². The van der Waals surface area contributed by atoms with Gasteiger partial charge in [-0.25, -0.2) is 0 Å². The van der Waals surface area contributed by atoms with Gasteiger partial charge in [0.1, 0.15) is 30.2 Å². The first-order valence-electron chi connectivity index (χ1n) is 10.6. The molecule has 0 unspecified atom stereocenters. The molecule has 0 aromatic heterocycles. The molecule has 1 aliphatic carbocycles. The van der Waals surface area contributed by atoms with E-state index in [0.717, 1.165) is 11.1 Å². The summed E-state index contributed by atoms with van der Waals surface area (Å²) < 4.78 is 11.1. The van der Waals surface area contributed by atoms with E-state index in [1.807, 2.05) is 24.3 Å². The predicted octanol–water partition coefficient (Wildman–Crippen LogP) is 2.87. The molecule has 4 rings (SSSR count). The highest BCUT2D eigenvalue weighted by atomic mass is 35.5. The van der Waals surface area contributed by atoms with E-state index in [4.69, 9.17) is 32.7 Å². The van der Waals surface area contributed by atoms with Crippen molar-refractivity contribution in [2.45, 2.75) is 35.6 Å². The Hall–Kier alpha value is -2.14. The largest absolute Gasteiger partial charge is 0.460 e. The number of aliphatic hydroxyl groups excluding tert-OH is 4. The lowest BCUT2D eigenvalue weighted by molar-refractivity contribution is -0.277. The van der Waals surface area contributed by atoms with Crippen LogP contribution in [0.3, 0.4) is 0 Å². The van der Waals surface area contributed by atoms with Crippen molar-refractivity contribution in [1.29, 1.82) is 0 Å². The molecule has 184 valence electrons. The van der Waals surface area contributed by atoms with Gasteiger partial charge in [0.05, 0.1) is 16.7 Å². The summed E-state index contributed by atoms with van der Waals surface area (Å²) in [6.07, 6.45) is -2.52. The molecular formula is C25H22Cl2O7S. The monoisotopic (exact) mass is 536 g/mol. The number of benzene rings is 2. The van der Waals surface area contributed by atoms with E-state index >= 15 is 0 Å². The van der Waals surface area contributed by atoms with Gasteiger partial charge in [-0.1, -0.05) is 53.5 Å². The van der Waals surface area contributed by atoms with Crippen LogP contribution in [-0.2, 0) is 9.53 Å². The molecule has 35 heavy (non-hydrogen) atoms. The number of hydrogen-bond acceptors (Lipinski definition) is 8. The average Bonchev–Trinajstić information content (AvgIpc) is 2.84. The Balaban J connectivity index is 1.72. The van der Waals surface area contributed by atoms with Crippen molar-refractivity contribution < 1.29 is 34.7 Å². The van der Waals surface area contributed by atoms with Crippen molar-refractivity contribution in [3.8, 4) is 5.75 Å². The molecule has 0 bridgehead atoms. The highest BCUT2D eigenvalue weighted by Gasteiger charge is 2.44. The molecule has 1 fully saturated rings. The van der Waals surface area contributed by atoms with Crippen molar-refractivity contribution in [1.82, 2.24) is 0 Å². The van der Waals surface area contributed by atoms with Crippen molar-refractivity contribution in [2.24, 2.45) is 0 Å². The second-order valence-electron chi connectivity index (χ2n) is 8.00. The zero-order valence-electron chi connectivity index (χ0n) is 18.1.